The van der Waals surface area contributed by atoms with Crippen LogP contribution < -0.4 is 0 Å². The van der Waals surface area contributed by atoms with E-state index >= 15 is 0 Å². The number of rotatable bonds is 3. The van der Waals surface area contributed by atoms with E-state index in [1.54, 1.807) is 17.5 Å². The molecule has 0 spiro atoms. The fourth-order valence-electron chi connectivity index (χ4n) is 2.98. The highest BCUT2D eigenvalue weighted by Gasteiger charge is 2.32. The van der Waals surface area contributed by atoms with E-state index in [1.807, 2.05) is 41.3 Å². The zero-order chi connectivity index (χ0) is 15.6. The monoisotopic (exact) mass is 324 g/mol. The van der Waals surface area contributed by atoms with E-state index in [0.717, 1.165) is 25.1 Å². The number of hydrogen-bond acceptors (Lipinski definition) is 4. The van der Waals surface area contributed by atoms with E-state index < -0.39 is 0 Å². The largest absolute Gasteiger partial charge is 0.329 e. The molecule has 0 radical (unpaired) electrons. The fourth-order valence-corrected chi connectivity index (χ4v) is 3.85. The molecule has 1 saturated heterocycles. The third kappa shape index (κ3) is 2.66. The lowest BCUT2D eigenvalue weighted by molar-refractivity contribution is 0.0731. The molecule has 116 valence electrons. The Morgan fingerprint density at radius 1 is 1.17 bits per heavy atom. The van der Waals surface area contributed by atoms with Crippen LogP contribution in [0.15, 0.2) is 54.0 Å². The Balaban J connectivity index is 1.59. The second-order valence-corrected chi connectivity index (χ2v) is 6.51. The molecule has 1 amide bonds. The number of likely N-dealkylation sites (tertiary alicyclic amines) is 1. The van der Waals surface area contributed by atoms with Crippen LogP contribution in [0.4, 0.5) is 0 Å². The molecule has 0 aliphatic carbocycles. The molecule has 2 aromatic heterocycles. The molecule has 23 heavy (non-hydrogen) atoms. The van der Waals surface area contributed by atoms with Crippen molar-refractivity contribution in [3.63, 3.8) is 0 Å². The number of hydrogen-bond donors (Lipinski definition) is 0. The summed E-state index contributed by atoms with van der Waals surface area (Å²) in [4.78, 5) is 17.5. The fraction of sp³-hybridized carbons (Fsp3) is 0.235. The smallest absolute Gasteiger partial charge is 0.276 e. The van der Waals surface area contributed by atoms with E-state index in [2.05, 4.69) is 21.6 Å². The van der Waals surface area contributed by atoms with Crippen LogP contribution in [0.3, 0.4) is 0 Å². The van der Waals surface area contributed by atoms with Gasteiger partial charge in [0.25, 0.3) is 5.91 Å². The molecule has 0 saturated carbocycles. The van der Waals surface area contributed by atoms with Crippen LogP contribution in [0.5, 0.6) is 0 Å². The number of carbonyl (C=O) groups is 1. The lowest BCUT2D eigenvalue weighted by Gasteiger charge is -2.22. The molecule has 1 atom stereocenters. The number of aromatic nitrogens is 3. The maximum atomic E-state index is 12.8. The standard InChI is InChI=1S/C17H16N4OS/c22-17(20-10-4-8-15(20)16-9-5-11-23-16)14-12-18-21(19-14)13-6-2-1-3-7-13/h1-3,5-7,9,11-12,15H,4,8,10H2/t15-/m0/s1. The summed E-state index contributed by atoms with van der Waals surface area (Å²) in [6, 6.07) is 13.9. The molecule has 0 unspecified atom stereocenters. The highest BCUT2D eigenvalue weighted by molar-refractivity contribution is 7.10. The molecule has 3 heterocycles. The zero-order valence-electron chi connectivity index (χ0n) is 12.5. The predicted octanol–water partition coefficient (Wildman–Crippen LogP) is 3.31. The van der Waals surface area contributed by atoms with Gasteiger partial charge in [-0.15, -0.1) is 16.4 Å². The Morgan fingerprint density at radius 3 is 2.83 bits per heavy atom. The first-order chi connectivity index (χ1) is 11.3. The van der Waals surface area contributed by atoms with Gasteiger partial charge in [0.2, 0.25) is 0 Å². The SMILES string of the molecule is O=C(c1cnn(-c2ccccc2)n1)N1CCC[C@H]1c1cccs1. The van der Waals surface area contributed by atoms with Gasteiger partial charge < -0.3 is 4.90 Å². The summed E-state index contributed by atoms with van der Waals surface area (Å²) in [6.45, 7) is 0.777. The van der Waals surface area contributed by atoms with E-state index in [0.29, 0.717) is 5.69 Å². The van der Waals surface area contributed by atoms with Crippen molar-refractivity contribution in [2.75, 3.05) is 6.54 Å². The van der Waals surface area contributed by atoms with Crippen LogP contribution in [-0.2, 0) is 0 Å². The third-order valence-corrected chi connectivity index (χ3v) is 5.06. The van der Waals surface area contributed by atoms with E-state index in [-0.39, 0.29) is 11.9 Å². The van der Waals surface area contributed by atoms with Gasteiger partial charge in [-0.25, -0.2) is 0 Å². The highest BCUT2D eigenvalue weighted by Crippen LogP contribution is 2.35. The summed E-state index contributed by atoms with van der Waals surface area (Å²) in [5.74, 6) is -0.0388. The summed E-state index contributed by atoms with van der Waals surface area (Å²) in [6.07, 6.45) is 3.60. The topological polar surface area (TPSA) is 51.0 Å². The Bertz CT molecular complexity index is 797. The minimum absolute atomic E-state index is 0.0388. The van der Waals surface area contributed by atoms with Gasteiger partial charge in [0.05, 0.1) is 17.9 Å². The minimum Gasteiger partial charge on any atom is -0.329 e. The van der Waals surface area contributed by atoms with Crippen LogP contribution >= 0.6 is 11.3 Å². The molecule has 1 fully saturated rings. The first-order valence-electron chi connectivity index (χ1n) is 7.65. The van der Waals surface area contributed by atoms with Crippen molar-refractivity contribution in [2.24, 2.45) is 0 Å². The van der Waals surface area contributed by atoms with Crippen LogP contribution in [0, 0.1) is 0 Å². The number of thiophene rings is 1. The van der Waals surface area contributed by atoms with E-state index in [9.17, 15) is 4.79 Å². The summed E-state index contributed by atoms with van der Waals surface area (Å²) >= 11 is 1.70. The van der Waals surface area contributed by atoms with Gasteiger partial charge in [-0.05, 0) is 36.4 Å². The van der Waals surface area contributed by atoms with Crippen molar-refractivity contribution in [2.45, 2.75) is 18.9 Å². The summed E-state index contributed by atoms with van der Waals surface area (Å²) in [5, 5.41) is 10.6. The Kier molecular flexibility index (Phi) is 3.67. The molecule has 4 rings (SSSR count). The van der Waals surface area contributed by atoms with Gasteiger partial charge in [0.15, 0.2) is 5.69 Å². The van der Waals surface area contributed by atoms with E-state index in [1.165, 1.54) is 9.67 Å². The zero-order valence-corrected chi connectivity index (χ0v) is 13.3. The molecule has 0 bridgehead atoms. The van der Waals surface area contributed by atoms with Crippen molar-refractivity contribution in [3.8, 4) is 5.69 Å². The maximum absolute atomic E-state index is 12.8. The van der Waals surface area contributed by atoms with Gasteiger partial charge in [-0.3, -0.25) is 4.79 Å². The maximum Gasteiger partial charge on any atom is 0.276 e. The van der Waals surface area contributed by atoms with Crippen LogP contribution in [0.2, 0.25) is 0 Å². The van der Waals surface area contributed by atoms with Gasteiger partial charge >= 0.3 is 0 Å². The lowest BCUT2D eigenvalue weighted by atomic mass is 10.2. The summed E-state index contributed by atoms with van der Waals surface area (Å²) in [5.41, 5.74) is 1.25. The first-order valence-corrected chi connectivity index (χ1v) is 8.53. The van der Waals surface area contributed by atoms with Gasteiger partial charge in [0, 0.05) is 11.4 Å². The van der Waals surface area contributed by atoms with Crippen LogP contribution in [-0.4, -0.2) is 32.3 Å². The van der Waals surface area contributed by atoms with Crippen molar-refractivity contribution in [3.05, 3.63) is 64.6 Å². The molecule has 1 aromatic carbocycles. The molecule has 0 N–H and O–H groups in total. The van der Waals surface area contributed by atoms with Crippen molar-refractivity contribution in [1.29, 1.82) is 0 Å². The van der Waals surface area contributed by atoms with Crippen molar-refractivity contribution < 1.29 is 4.79 Å². The lowest BCUT2D eigenvalue weighted by Crippen LogP contribution is -2.30. The molecular weight excluding hydrogens is 308 g/mol. The molecule has 6 heteroatoms. The number of amides is 1. The first kappa shape index (κ1) is 14.1. The quantitative estimate of drug-likeness (QED) is 0.743. The number of benzene rings is 1. The molecule has 5 nitrogen and oxygen atoms in total. The third-order valence-electron chi connectivity index (χ3n) is 4.08. The molecular formula is C17H16N4OS. The number of nitrogens with zero attached hydrogens (tertiary/aromatic N) is 4. The number of para-hydroxylation sites is 1. The highest BCUT2D eigenvalue weighted by atomic mass is 32.1. The van der Waals surface area contributed by atoms with Crippen molar-refractivity contribution in [1.82, 2.24) is 19.9 Å². The van der Waals surface area contributed by atoms with Gasteiger partial charge in [0.1, 0.15) is 0 Å². The van der Waals surface area contributed by atoms with Gasteiger partial charge in [-0.2, -0.15) is 9.90 Å². The Labute approximate surface area is 138 Å². The number of carbonyl (C=O) groups excluding carboxylic acids is 1. The van der Waals surface area contributed by atoms with E-state index in [4.69, 9.17) is 0 Å². The van der Waals surface area contributed by atoms with Crippen LogP contribution in [0.25, 0.3) is 5.69 Å². The second-order valence-electron chi connectivity index (χ2n) is 5.53. The second kappa shape index (κ2) is 5.96. The normalized spacial score (nSPS) is 17.6. The molecule has 3 aromatic rings. The Morgan fingerprint density at radius 2 is 2.04 bits per heavy atom. The summed E-state index contributed by atoms with van der Waals surface area (Å²) < 4.78 is 0. The predicted molar refractivity (Wildman–Crippen MR) is 88.7 cm³/mol. The average Bonchev–Trinajstić information content (AvgIpc) is 3.34. The van der Waals surface area contributed by atoms with Crippen LogP contribution in [0.1, 0.15) is 34.2 Å². The Hall–Kier alpha value is -2.47. The van der Waals surface area contributed by atoms with Crippen molar-refractivity contribution >= 4 is 17.2 Å². The molecule has 1 aliphatic rings. The molecule has 1 aliphatic heterocycles. The van der Waals surface area contributed by atoms with Gasteiger partial charge in [-0.1, -0.05) is 24.3 Å². The summed E-state index contributed by atoms with van der Waals surface area (Å²) in [7, 11) is 0. The average molecular weight is 324 g/mol. The minimum atomic E-state index is -0.0388.